The van der Waals surface area contributed by atoms with Gasteiger partial charge in [-0.15, -0.1) is 0 Å². The predicted molar refractivity (Wildman–Crippen MR) is 158 cm³/mol. The Kier molecular flexibility index (Phi) is 7.65. The van der Waals surface area contributed by atoms with E-state index in [1.54, 1.807) is 0 Å². The molecule has 0 saturated carbocycles. The van der Waals surface area contributed by atoms with Crippen molar-refractivity contribution in [2.75, 3.05) is 11.2 Å². The van der Waals surface area contributed by atoms with Crippen molar-refractivity contribution >= 4 is 40.1 Å². The minimum Gasteiger partial charge on any atom is -0.311 e. The molecule has 0 radical (unpaired) electrons. The molecule has 0 aliphatic heterocycles. The minimum absolute atomic E-state index is 0.173. The molecule has 0 bridgehead atoms. The van der Waals surface area contributed by atoms with Crippen LogP contribution in [-0.2, 0) is 16.6 Å². The van der Waals surface area contributed by atoms with Crippen LogP contribution < -0.4 is 4.90 Å². The Morgan fingerprint density at radius 2 is 1.06 bits per heavy atom. The number of hydrogen-bond donors (Lipinski definition) is 0. The van der Waals surface area contributed by atoms with Gasteiger partial charge in [0.05, 0.1) is 0 Å². The van der Waals surface area contributed by atoms with Gasteiger partial charge in [0.2, 0.25) is 0 Å². The van der Waals surface area contributed by atoms with E-state index in [1.165, 1.54) is 21.6 Å². The van der Waals surface area contributed by atoms with Gasteiger partial charge in [0, 0.05) is 39.6 Å². The molecule has 5 aromatic rings. The zero-order chi connectivity index (χ0) is 24.6. The lowest BCUT2D eigenvalue weighted by Crippen LogP contribution is -2.09. The average molecular weight is 485 g/mol. The van der Waals surface area contributed by atoms with Crippen LogP contribution in [0.4, 0.5) is 17.1 Å². The van der Waals surface area contributed by atoms with Crippen molar-refractivity contribution in [3.63, 3.8) is 0 Å². The maximum Gasteiger partial charge on any atom is 0.155 e. The summed E-state index contributed by atoms with van der Waals surface area (Å²) in [7, 11) is 0.173. The molecule has 176 valence electrons. The summed E-state index contributed by atoms with van der Waals surface area (Å²) in [5.41, 5.74) is 7.25. The van der Waals surface area contributed by atoms with Gasteiger partial charge in [0.1, 0.15) is 12.0 Å². The molecule has 0 fully saturated rings. The van der Waals surface area contributed by atoms with Gasteiger partial charge in [-0.3, -0.25) is 0 Å². The van der Waals surface area contributed by atoms with Crippen LogP contribution in [0.5, 0.6) is 0 Å². The van der Waals surface area contributed by atoms with Gasteiger partial charge in [-0.1, -0.05) is 103 Å². The summed E-state index contributed by atoms with van der Waals surface area (Å²) >= 11 is 0. The fraction of sp³-hybridized carbons (Fsp3) is 0.0588. The monoisotopic (exact) mass is 484 g/mol. The van der Waals surface area contributed by atoms with E-state index in [4.69, 9.17) is 0 Å². The van der Waals surface area contributed by atoms with Gasteiger partial charge in [0.15, 0.2) is 4.90 Å². The predicted octanol–water partition coefficient (Wildman–Crippen LogP) is 9.13. The van der Waals surface area contributed by atoms with Crippen LogP contribution in [0.2, 0.25) is 0 Å². The van der Waals surface area contributed by atoms with E-state index >= 15 is 0 Å². The summed E-state index contributed by atoms with van der Waals surface area (Å²) in [6.45, 7) is 0. The molecule has 0 spiro atoms. The smallest absolute Gasteiger partial charge is 0.155 e. The van der Waals surface area contributed by atoms with Gasteiger partial charge in [-0.25, -0.2) is 0 Å². The lowest BCUT2D eigenvalue weighted by atomic mass is 10.1. The highest BCUT2D eigenvalue weighted by Crippen LogP contribution is 2.34. The highest BCUT2D eigenvalue weighted by atomic mass is 32.2. The molecular formula is C34H30NS+. The molecule has 1 atom stereocenters. The molecule has 5 rings (SSSR count). The van der Waals surface area contributed by atoms with Gasteiger partial charge in [-0.05, 0) is 53.6 Å². The SMILES string of the molecule is C[S+](Cc1ccccc1)c1cccc(/C=C/c2ccc(N(c3ccccc3)c3ccccc3)cc2)c1. The molecule has 0 amide bonds. The van der Waals surface area contributed by atoms with E-state index in [0.717, 1.165) is 22.8 Å². The van der Waals surface area contributed by atoms with Crippen LogP contribution in [-0.4, -0.2) is 6.26 Å². The fourth-order valence-corrected chi connectivity index (χ4v) is 5.78. The van der Waals surface area contributed by atoms with Crippen molar-refractivity contribution in [3.05, 3.63) is 156 Å². The van der Waals surface area contributed by atoms with Crippen molar-refractivity contribution < 1.29 is 0 Å². The first-order chi connectivity index (χ1) is 17.8. The molecule has 0 heterocycles. The van der Waals surface area contributed by atoms with E-state index in [-0.39, 0.29) is 10.9 Å². The number of benzene rings is 5. The molecule has 36 heavy (non-hydrogen) atoms. The Morgan fingerprint density at radius 1 is 0.528 bits per heavy atom. The third kappa shape index (κ3) is 5.97. The van der Waals surface area contributed by atoms with Crippen molar-refractivity contribution in [2.45, 2.75) is 10.6 Å². The van der Waals surface area contributed by atoms with E-state index in [1.807, 2.05) is 0 Å². The Bertz CT molecular complexity index is 1360. The van der Waals surface area contributed by atoms with E-state index in [0.29, 0.717) is 0 Å². The quantitative estimate of drug-likeness (QED) is 0.157. The largest absolute Gasteiger partial charge is 0.311 e. The summed E-state index contributed by atoms with van der Waals surface area (Å²) in [5.74, 6) is 1.08. The molecule has 5 aromatic carbocycles. The molecule has 2 heteroatoms. The Labute approximate surface area is 217 Å². The molecule has 0 aromatic heterocycles. The first-order valence-corrected chi connectivity index (χ1v) is 14.0. The Morgan fingerprint density at radius 3 is 1.67 bits per heavy atom. The second-order valence-electron chi connectivity index (χ2n) is 8.77. The third-order valence-corrected chi connectivity index (χ3v) is 7.96. The third-order valence-electron chi connectivity index (χ3n) is 6.13. The van der Waals surface area contributed by atoms with Gasteiger partial charge in [0.25, 0.3) is 0 Å². The fourth-order valence-electron chi connectivity index (χ4n) is 4.27. The Balaban J connectivity index is 1.33. The van der Waals surface area contributed by atoms with Crippen LogP contribution >= 0.6 is 0 Å². The number of para-hydroxylation sites is 2. The molecular weight excluding hydrogens is 454 g/mol. The summed E-state index contributed by atoms with van der Waals surface area (Å²) in [6, 6.07) is 49.5. The second-order valence-corrected chi connectivity index (χ2v) is 10.8. The standard InChI is InChI=1S/C34H30NS/c1-36(27-30-12-5-2-6-13-30)34-19-11-14-29(26-34)21-20-28-22-24-33(25-23-28)35(31-15-7-3-8-16-31)32-17-9-4-10-18-32/h2-26H,27H2,1H3/q+1/b21-20+. The van der Waals surface area contributed by atoms with Gasteiger partial charge in [-0.2, -0.15) is 0 Å². The summed E-state index contributed by atoms with van der Waals surface area (Å²) in [5, 5.41) is 0. The van der Waals surface area contributed by atoms with E-state index in [2.05, 4.69) is 163 Å². The first-order valence-electron chi connectivity index (χ1n) is 12.2. The molecule has 1 unspecified atom stereocenters. The van der Waals surface area contributed by atoms with Crippen LogP contribution in [0.1, 0.15) is 16.7 Å². The highest BCUT2D eigenvalue weighted by molar-refractivity contribution is 7.95. The lowest BCUT2D eigenvalue weighted by molar-refractivity contribution is 1.28. The van der Waals surface area contributed by atoms with Crippen LogP contribution in [0, 0.1) is 0 Å². The molecule has 0 saturated heterocycles. The highest BCUT2D eigenvalue weighted by Gasteiger charge is 2.16. The molecule has 1 nitrogen and oxygen atoms in total. The molecule has 0 aliphatic rings. The van der Waals surface area contributed by atoms with Crippen LogP contribution in [0.3, 0.4) is 0 Å². The molecule has 0 aliphatic carbocycles. The van der Waals surface area contributed by atoms with Crippen LogP contribution in [0.25, 0.3) is 12.2 Å². The zero-order valence-corrected chi connectivity index (χ0v) is 21.3. The number of nitrogens with zero attached hydrogens (tertiary/aromatic N) is 1. The van der Waals surface area contributed by atoms with Crippen molar-refractivity contribution in [1.29, 1.82) is 0 Å². The van der Waals surface area contributed by atoms with Crippen molar-refractivity contribution in [3.8, 4) is 0 Å². The maximum absolute atomic E-state index is 2.33. The lowest BCUT2D eigenvalue weighted by Gasteiger charge is -2.25. The average Bonchev–Trinajstić information content (AvgIpc) is 2.95. The first kappa shape index (κ1) is 23.7. The Hall–Kier alpha value is -4.01. The summed E-state index contributed by atoms with van der Waals surface area (Å²) < 4.78 is 0. The number of hydrogen-bond acceptors (Lipinski definition) is 1. The number of rotatable bonds is 8. The van der Waals surface area contributed by atoms with Crippen LogP contribution in [0.15, 0.2) is 144 Å². The van der Waals surface area contributed by atoms with Gasteiger partial charge >= 0.3 is 0 Å². The topological polar surface area (TPSA) is 3.24 Å². The minimum atomic E-state index is 0.173. The second kappa shape index (κ2) is 11.6. The molecule has 0 N–H and O–H groups in total. The summed E-state index contributed by atoms with van der Waals surface area (Å²) in [4.78, 5) is 3.68. The number of anilines is 3. The van der Waals surface area contributed by atoms with Crippen molar-refractivity contribution in [2.24, 2.45) is 0 Å². The van der Waals surface area contributed by atoms with E-state index < -0.39 is 0 Å². The normalized spacial score (nSPS) is 11.9. The summed E-state index contributed by atoms with van der Waals surface area (Å²) in [6.07, 6.45) is 6.74. The maximum atomic E-state index is 2.33. The zero-order valence-electron chi connectivity index (χ0n) is 20.5. The van der Waals surface area contributed by atoms with Gasteiger partial charge < -0.3 is 4.90 Å². The van der Waals surface area contributed by atoms with Crippen molar-refractivity contribution in [1.82, 2.24) is 0 Å². The van der Waals surface area contributed by atoms with E-state index in [9.17, 15) is 0 Å².